The summed E-state index contributed by atoms with van der Waals surface area (Å²) in [5.41, 5.74) is 2.21. The van der Waals surface area contributed by atoms with Gasteiger partial charge in [0, 0.05) is 6.42 Å². The Labute approximate surface area is 122 Å². The van der Waals surface area contributed by atoms with Crippen molar-refractivity contribution in [1.82, 2.24) is 0 Å². The van der Waals surface area contributed by atoms with Crippen molar-refractivity contribution < 1.29 is 9.22 Å². The highest BCUT2D eigenvalue weighted by Gasteiger charge is 2.47. The monoisotopic (exact) mass is 288 g/mol. The summed E-state index contributed by atoms with van der Waals surface area (Å²) < 4.78 is 6.45. The summed E-state index contributed by atoms with van der Waals surface area (Å²) in [5.74, 6) is 1.17. The van der Waals surface area contributed by atoms with Crippen LogP contribution in [0, 0.1) is 5.41 Å². The fourth-order valence-corrected chi connectivity index (χ4v) is 6.02. The van der Waals surface area contributed by atoms with Crippen molar-refractivity contribution >= 4 is 14.1 Å². The van der Waals surface area contributed by atoms with Crippen LogP contribution in [0.5, 0.6) is 0 Å². The first-order valence-corrected chi connectivity index (χ1v) is 10.5. The van der Waals surface area contributed by atoms with Gasteiger partial charge in [-0.1, -0.05) is 32.9 Å². The van der Waals surface area contributed by atoms with Crippen LogP contribution in [0.4, 0.5) is 0 Å². The second kappa shape index (κ2) is 4.73. The Morgan fingerprint density at radius 3 is 2.35 bits per heavy atom. The van der Waals surface area contributed by atoms with Gasteiger partial charge in [-0.2, -0.15) is 0 Å². The Kier molecular flexibility index (Phi) is 3.28. The number of carbonyl (C=O) groups excluding carboxylic acids is 1. The minimum atomic E-state index is -1.70. The predicted molar refractivity (Wildman–Crippen MR) is 83.8 cm³/mol. The fraction of sp³-hybridized carbons (Fsp3) is 0.588. The molecule has 0 aromatic carbocycles. The first-order valence-electron chi connectivity index (χ1n) is 7.95. The predicted octanol–water partition coefficient (Wildman–Crippen LogP) is 4.51. The lowest BCUT2D eigenvalue weighted by Gasteiger charge is -2.30. The van der Waals surface area contributed by atoms with Crippen LogP contribution in [0.25, 0.3) is 0 Å². The maximum absolute atomic E-state index is 12.5. The van der Waals surface area contributed by atoms with E-state index >= 15 is 0 Å². The highest BCUT2D eigenvalue weighted by Crippen LogP contribution is 2.55. The smallest absolute Gasteiger partial charge is 0.250 e. The molecule has 0 amide bonds. The van der Waals surface area contributed by atoms with Crippen LogP contribution in [-0.2, 0) is 9.22 Å². The first-order chi connectivity index (χ1) is 9.57. The van der Waals surface area contributed by atoms with Crippen LogP contribution in [0.2, 0.25) is 18.1 Å². The summed E-state index contributed by atoms with van der Waals surface area (Å²) in [6.07, 6.45) is 9.49. The molecular formula is C17H24O2Si. The van der Waals surface area contributed by atoms with E-state index in [1.165, 1.54) is 12.8 Å². The molecular weight excluding hydrogens is 264 g/mol. The van der Waals surface area contributed by atoms with E-state index < -0.39 is 8.32 Å². The molecule has 1 spiro atoms. The number of rotatable bonds is 5. The van der Waals surface area contributed by atoms with Gasteiger partial charge in [-0.3, -0.25) is 4.79 Å². The topological polar surface area (TPSA) is 26.3 Å². The van der Waals surface area contributed by atoms with E-state index in [-0.39, 0.29) is 5.41 Å². The van der Waals surface area contributed by atoms with E-state index in [9.17, 15) is 4.79 Å². The lowest BCUT2D eigenvalue weighted by atomic mass is 9.85. The van der Waals surface area contributed by atoms with Gasteiger partial charge >= 0.3 is 0 Å². The average molecular weight is 288 g/mol. The van der Waals surface area contributed by atoms with Crippen LogP contribution in [0.3, 0.4) is 0 Å². The van der Waals surface area contributed by atoms with Crippen LogP contribution in [-0.4, -0.2) is 14.1 Å². The first kappa shape index (κ1) is 13.9. The van der Waals surface area contributed by atoms with Crippen molar-refractivity contribution in [3.8, 4) is 0 Å². The molecule has 2 nitrogen and oxygen atoms in total. The SMILES string of the molecule is CC[Si](CC)(CC)OC1=C2C(=O)CC3(C=C2C=C1)CC3. The molecule has 0 unspecified atom stereocenters. The highest BCUT2D eigenvalue weighted by atomic mass is 28.4. The van der Waals surface area contributed by atoms with Crippen LogP contribution >= 0.6 is 0 Å². The van der Waals surface area contributed by atoms with Gasteiger partial charge in [-0.25, -0.2) is 0 Å². The van der Waals surface area contributed by atoms with E-state index in [0.29, 0.717) is 12.2 Å². The van der Waals surface area contributed by atoms with Crippen molar-refractivity contribution in [1.29, 1.82) is 0 Å². The minimum Gasteiger partial charge on any atom is -0.543 e. The third-order valence-corrected chi connectivity index (χ3v) is 9.87. The summed E-state index contributed by atoms with van der Waals surface area (Å²) in [4.78, 5) is 12.5. The van der Waals surface area contributed by atoms with Crippen molar-refractivity contribution in [2.75, 3.05) is 0 Å². The van der Waals surface area contributed by atoms with Crippen LogP contribution in [0.15, 0.2) is 35.1 Å². The van der Waals surface area contributed by atoms with Gasteiger partial charge in [0.2, 0.25) is 0 Å². The van der Waals surface area contributed by atoms with Gasteiger partial charge in [0.15, 0.2) is 5.78 Å². The van der Waals surface area contributed by atoms with Crippen LogP contribution in [0.1, 0.15) is 40.0 Å². The second-order valence-corrected chi connectivity index (χ2v) is 11.2. The molecule has 0 aromatic rings. The van der Waals surface area contributed by atoms with Gasteiger partial charge in [-0.05, 0) is 48.0 Å². The molecule has 3 aliphatic carbocycles. The summed E-state index contributed by atoms with van der Waals surface area (Å²) in [6.45, 7) is 6.67. The Bertz CT molecular complexity index is 523. The zero-order valence-electron chi connectivity index (χ0n) is 12.8. The molecule has 3 rings (SSSR count). The molecule has 1 fully saturated rings. The number of ketones is 1. The zero-order valence-corrected chi connectivity index (χ0v) is 13.8. The largest absolute Gasteiger partial charge is 0.543 e. The standard InChI is InChI=1S/C17H24O2Si/c1-4-20(5-2,6-3)19-15-8-7-13-11-17(9-10-17)12-14(18)16(13)15/h7-8,11H,4-6,9-10,12H2,1-3H3. The van der Waals surface area contributed by atoms with Crippen molar-refractivity contribution in [3.05, 3.63) is 35.1 Å². The molecule has 0 saturated heterocycles. The van der Waals surface area contributed by atoms with E-state index in [2.05, 4.69) is 32.9 Å². The molecule has 0 aliphatic heterocycles. The maximum Gasteiger partial charge on any atom is 0.250 e. The fourth-order valence-electron chi connectivity index (χ4n) is 3.45. The van der Waals surface area contributed by atoms with Gasteiger partial charge in [0.25, 0.3) is 8.32 Å². The quantitative estimate of drug-likeness (QED) is 0.696. The zero-order chi connectivity index (χ0) is 14.4. The molecule has 0 radical (unpaired) electrons. The number of hydrogen-bond acceptors (Lipinski definition) is 2. The van der Waals surface area contributed by atoms with E-state index in [1.807, 2.05) is 6.08 Å². The lowest BCUT2D eigenvalue weighted by Crippen LogP contribution is -2.35. The van der Waals surface area contributed by atoms with Gasteiger partial charge in [0.05, 0.1) is 5.57 Å². The molecule has 0 heterocycles. The molecule has 0 atom stereocenters. The van der Waals surface area contributed by atoms with Gasteiger partial charge in [0.1, 0.15) is 5.76 Å². The van der Waals surface area contributed by atoms with Gasteiger partial charge < -0.3 is 4.43 Å². The number of hydrogen-bond donors (Lipinski definition) is 0. The van der Waals surface area contributed by atoms with Crippen molar-refractivity contribution in [2.24, 2.45) is 5.41 Å². The Balaban J connectivity index is 1.93. The number of Topliss-reactive ketones (excluding diaryl/α,β-unsaturated/α-hetero) is 1. The number of allylic oxidation sites excluding steroid dienone is 5. The van der Waals surface area contributed by atoms with Crippen LogP contribution < -0.4 is 0 Å². The molecule has 1 saturated carbocycles. The molecule has 20 heavy (non-hydrogen) atoms. The van der Waals surface area contributed by atoms with E-state index in [4.69, 9.17) is 4.43 Å². The number of carbonyl (C=O) groups is 1. The summed E-state index contributed by atoms with van der Waals surface area (Å²) in [7, 11) is -1.70. The highest BCUT2D eigenvalue weighted by molar-refractivity contribution is 6.73. The second-order valence-electron chi connectivity index (χ2n) is 6.48. The Hall–Kier alpha value is -1.09. The Morgan fingerprint density at radius 1 is 1.15 bits per heavy atom. The molecule has 3 heteroatoms. The number of fused-ring (bicyclic) bond motifs is 1. The van der Waals surface area contributed by atoms with E-state index in [1.54, 1.807) is 0 Å². The van der Waals surface area contributed by atoms with Gasteiger partial charge in [-0.15, -0.1) is 0 Å². The molecule has 0 aromatic heterocycles. The van der Waals surface area contributed by atoms with Crippen molar-refractivity contribution in [2.45, 2.75) is 58.2 Å². The van der Waals surface area contributed by atoms with E-state index in [0.717, 1.165) is 35.0 Å². The minimum absolute atomic E-state index is 0.213. The maximum atomic E-state index is 12.5. The summed E-state index contributed by atoms with van der Waals surface area (Å²) in [6, 6.07) is 3.34. The third kappa shape index (κ3) is 2.12. The summed E-state index contributed by atoms with van der Waals surface area (Å²) in [5, 5.41) is 0. The molecule has 108 valence electrons. The third-order valence-electron chi connectivity index (χ3n) is 5.35. The molecule has 3 aliphatic rings. The molecule has 0 N–H and O–H groups in total. The average Bonchev–Trinajstić information content (AvgIpc) is 3.06. The lowest BCUT2D eigenvalue weighted by molar-refractivity contribution is -0.116. The Morgan fingerprint density at radius 2 is 1.80 bits per heavy atom. The molecule has 0 bridgehead atoms. The normalized spacial score (nSPS) is 23.1. The summed E-state index contributed by atoms with van der Waals surface area (Å²) >= 11 is 0. The van der Waals surface area contributed by atoms with Crippen molar-refractivity contribution in [3.63, 3.8) is 0 Å².